The molecule has 0 saturated heterocycles. The van der Waals surface area contributed by atoms with Crippen molar-refractivity contribution in [1.82, 2.24) is 0 Å². The Bertz CT molecular complexity index is 530. The van der Waals surface area contributed by atoms with E-state index in [0.29, 0.717) is 6.61 Å². The number of rotatable bonds is 6. The molecule has 0 aromatic heterocycles. The maximum Gasteiger partial charge on any atom is 0.316 e. The molecule has 0 unspecified atom stereocenters. The topological polar surface area (TPSA) is 44.8 Å². The average molecular weight is 292 g/mol. The number of methoxy groups -OCH3 is 3. The minimum absolute atomic E-state index is 0.123. The highest BCUT2D eigenvalue weighted by Gasteiger charge is 2.54. The highest BCUT2D eigenvalue weighted by atomic mass is 16.5. The zero-order valence-electron chi connectivity index (χ0n) is 13.5. The molecule has 0 radical (unpaired) electrons. The number of benzene rings is 1. The number of carbonyl (C=O) groups is 1. The van der Waals surface area contributed by atoms with Gasteiger partial charge >= 0.3 is 5.97 Å². The first-order chi connectivity index (χ1) is 9.91. The van der Waals surface area contributed by atoms with E-state index in [4.69, 9.17) is 14.2 Å². The van der Waals surface area contributed by atoms with Crippen molar-refractivity contribution in [3.05, 3.63) is 29.3 Å². The molecule has 0 atom stereocenters. The van der Waals surface area contributed by atoms with Gasteiger partial charge in [-0.3, -0.25) is 4.79 Å². The van der Waals surface area contributed by atoms with Crippen LogP contribution in [0.15, 0.2) is 18.2 Å². The van der Waals surface area contributed by atoms with Crippen LogP contribution in [0, 0.1) is 0 Å². The number of esters is 1. The molecule has 1 aliphatic carbocycles. The molecule has 1 aliphatic rings. The maximum atomic E-state index is 12.1. The van der Waals surface area contributed by atoms with Crippen LogP contribution in [0.2, 0.25) is 0 Å². The van der Waals surface area contributed by atoms with Gasteiger partial charge in [0, 0.05) is 18.1 Å². The third kappa shape index (κ3) is 2.77. The van der Waals surface area contributed by atoms with Gasteiger partial charge < -0.3 is 14.2 Å². The lowest BCUT2D eigenvalue weighted by molar-refractivity contribution is -0.143. The SMILES string of the molecule is COCC(C)(C)c1ccc(OC)c(C2(C(=O)OC)CC2)c1. The zero-order valence-corrected chi connectivity index (χ0v) is 13.5. The van der Waals surface area contributed by atoms with E-state index in [1.807, 2.05) is 12.1 Å². The van der Waals surface area contributed by atoms with E-state index in [1.165, 1.54) is 7.11 Å². The fourth-order valence-corrected chi connectivity index (χ4v) is 2.85. The largest absolute Gasteiger partial charge is 0.496 e. The van der Waals surface area contributed by atoms with Gasteiger partial charge in [-0.15, -0.1) is 0 Å². The third-order valence-electron chi connectivity index (χ3n) is 4.33. The molecular weight excluding hydrogens is 268 g/mol. The van der Waals surface area contributed by atoms with Crippen molar-refractivity contribution < 1.29 is 19.0 Å². The summed E-state index contributed by atoms with van der Waals surface area (Å²) in [7, 11) is 4.77. The number of ether oxygens (including phenoxy) is 3. The summed E-state index contributed by atoms with van der Waals surface area (Å²) in [5.41, 5.74) is 1.41. The Kier molecular flexibility index (Phi) is 4.28. The molecule has 1 saturated carbocycles. The van der Waals surface area contributed by atoms with Gasteiger partial charge in [0.25, 0.3) is 0 Å². The highest BCUT2D eigenvalue weighted by molar-refractivity contribution is 5.87. The number of hydrogen-bond acceptors (Lipinski definition) is 4. The molecule has 0 aliphatic heterocycles. The summed E-state index contributed by atoms with van der Waals surface area (Å²) in [4.78, 5) is 12.1. The first-order valence-corrected chi connectivity index (χ1v) is 7.17. The lowest BCUT2D eigenvalue weighted by atomic mass is 9.82. The van der Waals surface area contributed by atoms with Crippen molar-refractivity contribution in [2.45, 2.75) is 37.5 Å². The van der Waals surface area contributed by atoms with E-state index < -0.39 is 5.41 Å². The summed E-state index contributed by atoms with van der Waals surface area (Å²) in [6.07, 6.45) is 1.62. The van der Waals surface area contributed by atoms with Crippen molar-refractivity contribution >= 4 is 5.97 Å². The smallest absolute Gasteiger partial charge is 0.316 e. The third-order valence-corrected chi connectivity index (χ3v) is 4.33. The molecule has 4 nitrogen and oxygen atoms in total. The van der Waals surface area contributed by atoms with Crippen LogP contribution in [-0.2, 0) is 25.1 Å². The van der Waals surface area contributed by atoms with Crippen molar-refractivity contribution in [3.8, 4) is 5.75 Å². The van der Waals surface area contributed by atoms with Crippen LogP contribution in [0.1, 0.15) is 37.8 Å². The minimum atomic E-state index is -0.529. The molecule has 21 heavy (non-hydrogen) atoms. The van der Waals surface area contributed by atoms with Gasteiger partial charge in [0.05, 0.1) is 26.2 Å². The first kappa shape index (κ1) is 15.8. The van der Waals surface area contributed by atoms with E-state index in [-0.39, 0.29) is 11.4 Å². The molecular formula is C17H24O4. The van der Waals surface area contributed by atoms with Crippen LogP contribution in [0.4, 0.5) is 0 Å². The van der Waals surface area contributed by atoms with Crippen LogP contribution < -0.4 is 4.74 Å². The summed E-state index contributed by atoms with van der Waals surface area (Å²) < 4.78 is 15.7. The second kappa shape index (κ2) is 5.68. The van der Waals surface area contributed by atoms with Gasteiger partial charge in [-0.05, 0) is 24.5 Å². The Morgan fingerprint density at radius 2 is 1.90 bits per heavy atom. The number of hydrogen-bond donors (Lipinski definition) is 0. The Hall–Kier alpha value is -1.55. The molecule has 2 rings (SSSR count). The summed E-state index contributed by atoms with van der Waals surface area (Å²) in [5.74, 6) is 0.567. The Labute approximate surface area is 126 Å². The Balaban J connectivity index is 2.47. The van der Waals surface area contributed by atoms with Gasteiger partial charge in [0.15, 0.2) is 0 Å². The van der Waals surface area contributed by atoms with Gasteiger partial charge in [0.1, 0.15) is 5.75 Å². The van der Waals surface area contributed by atoms with E-state index in [9.17, 15) is 4.79 Å². The minimum Gasteiger partial charge on any atom is -0.496 e. The molecule has 1 fully saturated rings. The van der Waals surface area contributed by atoms with Crippen LogP contribution in [-0.4, -0.2) is 33.9 Å². The van der Waals surface area contributed by atoms with E-state index >= 15 is 0 Å². The summed E-state index contributed by atoms with van der Waals surface area (Å²) in [6.45, 7) is 4.86. The second-order valence-corrected chi connectivity index (χ2v) is 6.31. The van der Waals surface area contributed by atoms with Crippen molar-refractivity contribution in [2.24, 2.45) is 0 Å². The van der Waals surface area contributed by atoms with E-state index in [2.05, 4.69) is 19.9 Å². The fraction of sp³-hybridized carbons (Fsp3) is 0.588. The highest BCUT2D eigenvalue weighted by Crippen LogP contribution is 2.52. The number of carbonyl (C=O) groups excluding carboxylic acids is 1. The molecule has 0 spiro atoms. The van der Waals surface area contributed by atoms with Crippen molar-refractivity contribution in [1.29, 1.82) is 0 Å². The van der Waals surface area contributed by atoms with Crippen molar-refractivity contribution in [2.75, 3.05) is 27.9 Å². The second-order valence-electron chi connectivity index (χ2n) is 6.31. The molecule has 1 aromatic carbocycles. The van der Waals surface area contributed by atoms with E-state index in [1.54, 1.807) is 14.2 Å². The standard InChI is InChI=1S/C17H24O4/c1-16(2,11-19-3)12-6-7-14(20-4)13(10-12)17(8-9-17)15(18)21-5/h6-7,10H,8-9,11H2,1-5H3. The molecule has 0 amide bonds. The first-order valence-electron chi connectivity index (χ1n) is 7.17. The zero-order chi connectivity index (χ0) is 15.7. The monoisotopic (exact) mass is 292 g/mol. The van der Waals surface area contributed by atoms with Gasteiger partial charge in [-0.1, -0.05) is 26.0 Å². The van der Waals surface area contributed by atoms with Crippen molar-refractivity contribution in [3.63, 3.8) is 0 Å². The van der Waals surface area contributed by atoms with Gasteiger partial charge in [0.2, 0.25) is 0 Å². The fourth-order valence-electron chi connectivity index (χ4n) is 2.85. The van der Waals surface area contributed by atoms with Crippen LogP contribution in [0.25, 0.3) is 0 Å². The van der Waals surface area contributed by atoms with Crippen LogP contribution >= 0.6 is 0 Å². The lowest BCUT2D eigenvalue weighted by Gasteiger charge is -2.26. The Morgan fingerprint density at radius 3 is 2.38 bits per heavy atom. The molecule has 116 valence electrons. The van der Waals surface area contributed by atoms with Gasteiger partial charge in [-0.2, -0.15) is 0 Å². The summed E-state index contributed by atoms with van der Waals surface area (Å²) in [6, 6.07) is 6.04. The predicted molar refractivity (Wildman–Crippen MR) is 80.8 cm³/mol. The van der Waals surface area contributed by atoms with E-state index in [0.717, 1.165) is 29.7 Å². The molecule has 1 aromatic rings. The summed E-state index contributed by atoms with van der Waals surface area (Å²) in [5, 5.41) is 0. The predicted octanol–water partition coefficient (Wildman–Crippen LogP) is 2.82. The molecule has 0 N–H and O–H groups in total. The van der Waals surface area contributed by atoms with Crippen LogP contribution in [0.5, 0.6) is 5.75 Å². The molecule has 0 bridgehead atoms. The molecule has 4 heteroatoms. The quantitative estimate of drug-likeness (QED) is 0.756. The maximum absolute atomic E-state index is 12.1. The van der Waals surface area contributed by atoms with Gasteiger partial charge in [-0.25, -0.2) is 0 Å². The average Bonchev–Trinajstić information content (AvgIpc) is 3.27. The lowest BCUT2D eigenvalue weighted by Crippen LogP contribution is -2.26. The molecule has 0 heterocycles. The normalized spacial score (nSPS) is 16.4. The Morgan fingerprint density at radius 1 is 1.24 bits per heavy atom. The summed E-state index contributed by atoms with van der Waals surface area (Å²) >= 11 is 0. The van der Waals surface area contributed by atoms with Crippen LogP contribution in [0.3, 0.4) is 0 Å².